The highest BCUT2D eigenvalue weighted by Crippen LogP contribution is 2.03. The average Bonchev–Trinajstić information content (AvgIpc) is 2.25. The number of ether oxygens (including phenoxy) is 1. The number of carbonyl (C=O) groups is 1. The lowest BCUT2D eigenvalue weighted by Crippen LogP contribution is -2.07. The SMILES string of the molecule is C=C(C)COC(=O)CCc1ccccc1. The zero-order chi connectivity index (χ0) is 11.1. The van der Waals surface area contributed by atoms with Gasteiger partial charge in [0.2, 0.25) is 0 Å². The maximum Gasteiger partial charge on any atom is 0.306 e. The zero-order valence-corrected chi connectivity index (χ0v) is 9.03. The molecule has 0 saturated heterocycles. The Morgan fingerprint density at radius 2 is 2.00 bits per heavy atom. The monoisotopic (exact) mass is 204 g/mol. The Kier molecular flexibility index (Phi) is 4.61. The van der Waals surface area contributed by atoms with Crippen LogP contribution in [0.1, 0.15) is 18.9 Å². The van der Waals surface area contributed by atoms with Crippen LogP contribution in [-0.4, -0.2) is 12.6 Å². The van der Waals surface area contributed by atoms with Gasteiger partial charge in [-0.1, -0.05) is 36.9 Å². The van der Waals surface area contributed by atoms with E-state index >= 15 is 0 Å². The molecule has 0 fully saturated rings. The largest absolute Gasteiger partial charge is 0.461 e. The lowest BCUT2D eigenvalue weighted by Gasteiger charge is -2.04. The molecule has 0 bridgehead atoms. The maximum atomic E-state index is 11.3. The van der Waals surface area contributed by atoms with Crippen molar-refractivity contribution in [3.63, 3.8) is 0 Å². The second kappa shape index (κ2) is 6.02. The highest BCUT2D eigenvalue weighted by molar-refractivity contribution is 5.69. The van der Waals surface area contributed by atoms with Crippen LogP contribution in [0.25, 0.3) is 0 Å². The Morgan fingerprint density at radius 3 is 2.60 bits per heavy atom. The van der Waals surface area contributed by atoms with Gasteiger partial charge in [0, 0.05) is 6.42 Å². The van der Waals surface area contributed by atoms with Crippen molar-refractivity contribution in [3.05, 3.63) is 48.0 Å². The van der Waals surface area contributed by atoms with E-state index in [0.717, 1.165) is 17.6 Å². The summed E-state index contributed by atoms with van der Waals surface area (Å²) < 4.78 is 4.99. The fraction of sp³-hybridized carbons (Fsp3) is 0.308. The minimum atomic E-state index is -0.165. The molecule has 0 radical (unpaired) electrons. The maximum absolute atomic E-state index is 11.3. The predicted molar refractivity (Wildman–Crippen MR) is 60.5 cm³/mol. The van der Waals surface area contributed by atoms with Gasteiger partial charge < -0.3 is 4.74 Å². The van der Waals surface area contributed by atoms with E-state index in [0.29, 0.717) is 13.0 Å². The molecule has 0 atom stereocenters. The fourth-order valence-electron chi connectivity index (χ4n) is 1.17. The topological polar surface area (TPSA) is 26.3 Å². The van der Waals surface area contributed by atoms with Crippen LogP contribution in [0.3, 0.4) is 0 Å². The summed E-state index contributed by atoms with van der Waals surface area (Å²) in [7, 11) is 0. The molecule has 0 spiro atoms. The molecule has 1 aromatic rings. The summed E-state index contributed by atoms with van der Waals surface area (Å²) in [5, 5.41) is 0. The van der Waals surface area contributed by atoms with Crippen LogP contribution in [0, 0.1) is 0 Å². The molecule has 1 rings (SSSR count). The summed E-state index contributed by atoms with van der Waals surface area (Å²) >= 11 is 0. The molecule has 80 valence electrons. The van der Waals surface area contributed by atoms with E-state index in [2.05, 4.69) is 6.58 Å². The molecule has 0 heterocycles. The molecule has 0 amide bonds. The third-order valence-corrected chi connectivity index (χ3v) is 1.94. The van der Waals surface area contributed by atoms with Crippen molar-refractivity contribution in [2.75, 3.05) is 6.61 Å². The van der Waals surface area contributed by atoms with Crippen molar-refractivity contribution >= 4 is 5.97 Å². The first-order valence-corrected chi connectivity index (χ1v) is 5.02. The number of benzene rings is 1. The molecule has 0 aliphatic carbocycles. The van der Waals surface area contributed by atoms with Gasteiger partial charge in [0.1, 0.15) is 6.61 Å². The van der Waals surface area contributed by atoms with E-state index in [4.69, 9.17) is 4.74 Å². The van der Waals surface area contributed by atoms with Gasteiger partial charge in [-0.05, 0) is 24.5 Å². The van der Waals surface area contributed by atoms with Crippen LogP contribution >= 0.6 is 0 Å². The van der Waals surface area contributed by atoms with Gasteiger partial charge in [0.05, 0.1) is 0 Å². The number of hydrogen-bond donors (Lipinski definition) is 0. The zero-order valence-electron chi connectivity index (χ0n) is 9.03. The number of carbonyl (C=O) groups excluding carboxylic acids is 1. The highest BCUT2D eigenvalue weighted by Gasteiger charge is 2.02. The Morgan fingerprint density at radius 1 is 1.33 bits per heavy atom. The van der Waals surface area contributed by atoms with E-state index in [9.17, 15) is 4.79 Å². The van der Waals surface area contributed by atoms with Crippen molar-refractivity contribution < 1.29 is 9.53 Å². The molecule has 0 unspecified atom stereocenters. The molecule has 0 saturated carbocycles. The summed E-state index contributed by atoms with van der Waals surface area (Å²) in [6.07, 6.45) is 1.16. The van der Waals surface area contributed by atoms with Crippen LogP contribution < -0.4 is 0 Å². The average molecular weight is 204 g/mol. The van der Waals surface area contributed by atoms with Gasteiger partial charge in [0.15, 0.2) is 0 Å². The Hall–Kier alpha value is -1.57. The summed E-state index contributed by atoms with van der Waals surface area (Å²) in [6.45, 7) is 5.83. The normalized spacial score (nSPS) is 9.67. The molecular formula is C13H16O2. The Labute approximate surface area is 90.6 Å². The summed E-state index contributed by atoms with van der Waals surface area (Å²) in [6, 6.07) is 9.91. The van der Waals surface area contributed by atoms with Gasteiger partial charge >= 0.3 is 5.97 Å². The van der Waals surface area contributed by atoms with Crippen LogP contribution in [0.4, 0.5) is 0 Å². The molecule has 0 N–H and O–H groups in total. The smallest absolute Gasteiger partial charge is 0.306 e. The van der Waals surface area contributed by atoms with Gasteiger partial charge in [-0.25, -0.2) is 0 Å². The van der Waals surface area contributed by atoms with Crippen molar-refractivity contribution in [2.24, 2.45) is 0 Å². The molecule has 0 aromatic heterocycles. The highest BCUT2D eigenvalue weighted by atomic mass is 16.5. The van der Waals surface area contributed by atoms with Gasteiger partial charge in [-0.2, -0.15) is 0 Å². The first-order valence-electron chi connectivity index (χ1n) is 5.02. The second-order valence-electron chi connectivity index (χ2n) is 3.60. The van der Waals surface area contributed by atoms with Crippen molar-refractivity contribution in [3.8, 4) is 0 Å². The molecule has 0 aliphatic heterocycles. The van der Waals surface area contributed by atoms with Crippen LogP contribution in [0.15, 0.2) is 42.5 Å². The molecule has 0 aliphatic rings. The summed E-state index contributed by atoms with van der Waals surface area (Å²) in [5.74, 6) is -0.165. The number of esters is 1. The van der Waals surface area contributed by atoms with E-state index in [1.165, 1.54) is 0 Å². The minimum Gasteiger partial charge on any atom is -0.461 e. The molecule has 2 nitrogen and oxygen atoms in total. The molecular weight excluding hydrogens is 188 g/mol. The van der Waals surface area contributed by atoms with Crippen molar-refractivity contribution in [1.82, 2.24) is 0 Å². The van der Waals surface area contributed by atoms with E-state index in [-0.39, 0.29) is 5.97 Å². The third kappa shape index (κ3) is 5.01. The van der Waals surface area contributed by atoms with E-state index in [1.54, 1.807) is 0 Å². The predicted octanol–water partition coefficient (Wildman–Crippen LogP) is 2.74. The summed E-state index contributed by atoms with van der Waals surface area (Å²) in [5.41, 5.74) is 2.02. The third-order valence-electron chi connectivity index (χ3n) is 1.94. The van der Waals surface area contributed by atoms with Gasteiger partial charge in [-0.15, -0.1) is 0 Å². The van der Waals surface area contributed by atoms with Crippen LogP contribution in [-0.2, 0) is 16.0 Å². The number of aryl methyl sites for hydroxylation is 1. The van der Waals surface area contributed by atoms with Crippen molar-refractivity contribution in [2.45, 2.75) is 19.8 Å². The first kappa shape index (κ1) is 11.5. The minimum absolute atomic E-state index is 0.165. The standard InChI is InChI=1S/C13H16O2/c1-11(2)10-15-13(14)9-8-12-6-4-3-5-7-12/h3-7H,1,8-10H2,2H3. The quantitative estimate of drug-likeness (QED) is 0.544. The fourth-order valence-corrected chi connectivity index (χ4v) is 1.17. The molecule has 2 heteroatoms. The van der Waals surface area contributed by atoms with Crippen LogP contribution in [0.2, 0.25) is 0 Å². The summed E-state index contributed by atoms with van der Waals surface area (Å²) in [4.78, 5) is 11.3. The lowest BCUT2D eigenvalue weighted by atomic mass is 10.1. The van der Waals surface area contributed by atoms with Crippen molar-refractivity contribution in [1.29, 1.82) is 0 Å². The second-order valence-corrected chi connectivity index (χ2v) is 3.60. The van der Waals surface area contributed by atoms with E-state index < -0.39 is 0 Å². The first-order chi connectivity index (χ1) is 7.18. The number of hydrogen-bond acceptors (Lipinski definition) is 2. The Bertz CT molecular complexity index is 328. The van der Waals surface area contributed by atoms with Gasteiger partial charge in [-0.3, -0.25) is 4.79 Å². The molecule has 15 heavy (non-hydrogen) atoms. The van der Waals surface area contributed by atoms with Gasteiger partial charge in [0.25, 0.3) is 0 Å². The number of rotatable bonds is 5. The van der Waals surface area contributed by atoms with Crippen LogP contribution in [0.5, 0.6) is 0 Å². The van der Waals surface area contributed by atoms with E-state index in [1.807, 2.05) is 37.3 Å². The Balaban J connectivity index is 2.26. The lowest BCUT2D eigenvalue weighted by molar-refractivity contribution is -0.142. The molecule has 1 aromatic carbocycles.